The number of aromatic amines is 1. The molecule has 2 aromatic heterocycles. The van der Waals surface area contributed by atoms with Gasteiger partial charge in [-0.1, -0.05) is 6.92 Å². The Morgan fingerprint density at radius 3 is 2.71 bits per heavy atom. The number of nitrogens with zero attached hydrogens (tertiary/aromatic N) is 5. The Balaban J connectivity index is 1.66. The van der Waals surface area contributed by atoms with E-state index in [1.807, 2.05) is 20.0 Å². The smallest absolute Gasteiger partial charge is 0.343 e. The fourth-order valence-corrected chi connectivity index (χ4v) is 3.45. The predicted octanol–water partition coefficient (Wildman–Crippen LogP) is 1.71. The van der Waals surface area contributed by atoms with Crippen molar-refractivity contribution >= 4 is 5.82 Å². The molecule has 24 heavy (non-hydrogen) atoms. The zero-order valence-electron chi connectivity index (χ0n) is 14.7. The molecule has 0 spiro atoms. The number of hydrogen-bond acceptors (Lipinski definition) is 5. The monoisotopic (exact) mass is 330 g/mol. The molecular weight excluding hydrogens is 304 g/mol. The molecule has 0 bridgehead atoms. The van der Waals surface area contributed by atoms with Crippen molar-refractivity contribution in [2.24, 2.45) is 5.92 Å². The Labute approximate surface area is 142 Å². The van der Waals surface area contributed by atoms with E-state index in [0.717, 1.165) is 56.2 Å². The zero-order valence-corrected chi connectivity index (χ0v) is 14.7. The minimum absolute atomic E-state index is 0.103. The summed E-state index contributed by atoms with van der Waals surface area (Å²) >= 11 is 0. The molecule has 0 unspecified atom stereocenters. The lowest BCUT2D eigenvalue weighted by Crippen LogP contribution is -2.36. The van der Waals surface area contributed by atoms with Gasteiger partial charge in [-0.25, -0.2) is 19.9 Å². The van der Waals surface area contributed by atoms with Crippen LogP contribution in [0.4, 0.5) is 5.82 Å². The second kappa shape index (κ2) is 7.15. The zero-order chi connectivity index (χ0) is 17.1. The first-order valence-corrected chi connectivity index (χ1v) is 8.83. The summed E-state index contributed by atoms with van der Waals surface area (Å²) < 4.78 is 1.73. The molecule has 1 saturated heterocycles. The number of nitrogens with one attached hydrogen (secondary N) is 1. The molecule has 0 amide bonds. The summed E-state index contributed by atoms with van der Waals surface area (Å²) in [5.74, 6) is 3.37. The molecule has 0 atom stereocenters. The molecule has 1 N–H and O–H groups in total. The molecule has 130 valence electrons. The van der Waals surface area contributed by atoms with Gasteiger partial charge >= 0.3 is 5.69 Å². The highest BCUT2D eigenvalue weighted by Gasteiger charge is 2.23. The minimum Gasteiger partial charge on any atom is -0.356 e. The lowest BCUT2D eigenvalue weighted by molar-refractivity contribution is 0.389. The van der Waals surface area contributed by atoms with Crippen molar-refractivity contribution in [3.63, 3.8) is 0 Å². The third-order valence-corrected chi connectivity index (χ3v) is 4.88. The molecule has 3 heterocycles. The fourth-order valence-electron chi connectivity index (χ4n) is 3.45. The second-order valence-electron chi connectivity index (χ2n) is 6.44. The maximum Gasteiger partial charge on any atom is 0.343 e. The summed E-state index contributed by atoms with van der Waals surface area (Å²) in [6.07, 6.45) is 5.96. The first kappa shape index (κ1) is 16.7. The second-order valence-corrected chi connectivity index (χ2v) is 6.44. The van der Waals surface area contributed by atoms with Gasteiger partial charge in [0.25, 0.3) is 0 Å². The van der Waals surface area contributed by atoms with Crippen LogP contribution in [0.5, 0.6) is 0 Å². The third-order valence-electron chi connectivity index (χ3n) is 4.88. The van der Waals surface area contributed by atoms with Crippen LogP contribution in [0, 0.1) is 12.8 Å². The van der Waals surface area contributed by atoms with E-state index in [1.165, 1.54) is 5.56 Å². The van der Waals surface area contributed by atoms with Crippen molar-refractivity contribution in [2.75, 3.05) is 18.0 Å². The van der Waals surface area contributed by atoms with Crippen LogP contribution in [-0.2, 0) is 19.4 Å². The summed E-state index contributed by atoms with van der Waals surface area (Å²) in [5, 5.41) is 6.75. The molecule has 0 aliphatic carbocycles. The van der Waals surface area contributed by atoms with Crippen molar-refractivity contribution in [1.82, 2.24) is 24.7 Å². The van der Waals surface area contributed by atoms with Crippen molar-refractivity contribution in [3.8, 4) is 0 Å². The van der Waals surface area contributed by atoms with E-state index in [9.17, 15) is 4.79 Å². The Kier molecular flexibility index (Phi) is 4.97. The van der Waals surface area contributed by atoms with Gasteiger partial charge in [0.05, 0.1) is 0 Å². The van der Waals surface area contributed by atoms with E-state index in [0.29, 0.717) is 12.5 Å². The molecule has 0 aromatic carbocycles. The summed E-state index contributed by atoms with van der Waals surface area (Å²) in [6, 6.07) is 0. The lowest BCUT2D eigenvalue weighted by Gasteiger charge is -2.33. The molecule has 1 fully saturated rings. The van der Waals surface area contributed by atoms with Gasteiger partial charge in [-0.05, 0) is 39.0 Å². The highest BCUT2D eigenvalue weighted by molar-refractivity contribution is 5.46. The van der Waals surface area contributed by atoms with Gasteiger partial charge in [-0.3, -0.25) is 4.57 Å². The van der Waals surface area contributed by atoms with Crippen molar-refractivity contribution in [1.29, 1.82) is 0 Å². The summed E-state index contributed by atoms with van der Waals surface area (Å²) in [7, 11) is 0. The first-order chi connectivity index (χ1) is 11.6. The normalized spacial score (nSPS) is 15.9. The fraction of sp³-hybridized carbons (Fsp3) is 0.647. The van der Waals surface area contributed by atoms with Crippen molar-refractivity contribution < 1.29 is 0 Å². The van der Waals surface area contributed by atoms with Gasteiger partial charge in [0.1, 0.15) is 17.5 Å². The molecule has 7 nitrogen and oxygen atoms in total. The van der Waals surface area contributed by atoms with E-state index in [-0.39, 0.29) is 5.69 Å². The maximum absolute atomic E-state index is 11.7. The van der Waals surface area contributed by atoms with Crippen molar-refractivity contribution in [3.05, 3.63) is 33.9 Å². The molecule has 3 rings (SSSR count). The molecule has 0 saturated carbocycles. The highest BCUT2D eigenvalue weighted by atomic mass is 16.1. The van der Waals surface area contributed by atoms with E-state index in [1.54, 1.807) is 4.57 Å². The van der Waals surface area contributed by atoms with Gasteiger partial charge < -0.3 is 4.90 Å². The van der Waals surface area contributed by atoms with Crippen LogP contribution < -0.4 is 10.6 Å². The molecule has 1 aliphatic rings. The minimum atomic E-state index is -0.103. The van der Waals surface area contributed by atoms with Gasteiger partial charge in [-0.2, -0.15) is 5.10 Å². The molecule has 2 aromatic rings. The van der Waals surface area contributed by atoms with Crippen LogP contribution >= 0.6 is 0 Å². The number of aryl methyl sites for hydroxylation is 2. The Bertz CT molecular complexity index is 742. The first-order valence-electron chi connectivity index (χ1n) is 8.83. The molecule has 0 radical (unpaired) electrons. The highest BCUT2D eigenvalue weighted by Crippen LogP contribution is 2.26. The van der Waals surface area contributed by atoms with Crippen LogP contribution in [0.25, 0.3) is 0 Å². The Hall–Kier alpha value is -2.18. The number of anilines is 1. The summed E-state index contributed by atoms with van der Waals surface area (Å²) in [6.45, 7) is 8.73. The number of H-pyrrole nitrogens is 1. The van der Waals surface area contributed by atoms with Crippen LogP contribution in [-0.4, -0.2) is 37.8 Å². The van der Waals surface area contributed by atoms with Crippen LogP contribution in [0.2, 0.25) is 0 Å². The van der Waals surface area contributed by atoms with Gasteiger partial charge in [-0.15, -0.1) is 0 Å². The quantitative estimate of drug-likeness (QED) is 0.903. The number of aromatic nitrogens is 5. The maximum atomic E-state index is 11.7. The summed E-state index contributed by atoms with van der Waals surface area (Å²) in [4.78, 5) is 23.0. The van der Waals surface area contributed by atoms with Gasteiger partial charge in [0, 0.05) is 37.8 Å². The van der Waals surface area contributed by atoms with Gasteiger partial charge in [0.2, 0.25) is 0 Å². The standard InChI is InChI=1S/C17H26N6O/c1-4-14-11-18-12(3)19-16(14)22-8-6-13(7-9-22)10-15-20-21-17(24)23(15)5-2/h11,13H,4-10H2,1-3H3,(H,21,24). The number of rotatable bonds is 5. The SMILES string of the molecule is CCc1cnc(C)nc1N1CCC(Cc2n[nH]c(=O)n2CC)CC1. The van der Waals surface area contributed by atoms with E-state index in [4.69, 9.17) is 0 Å². The summed E-state index contributed by atoms with van der Waals surface area (Å²) in [5.41, 5.74) is 1.11. The van der Waals surface area contributed by atoms with Crippen molar-refractivity contribution in [2.45, 2.75) is 53.0 Å². The van der Waals surface area contributed by atoms with Crippen LogP contribution in [0.3, 0.4) is 0 Å². The van der Waals surface area contributed by atoms with Crippen LogP contribution in [0.15, 0.2) is 11.0 Å². The van der Waals surface area contributed by atoms with E-state index >= 15 is 0 Å². The lowest BCUT2D eigenvalue weighted by atomic mass is 9.93. The average Bonchev–Trinajstić information content (AvgIpc) is 2.95. The molecule has 1 aliphatic heterocycles. The topological polar surface area (TPSA) is 79.7 Å². The average molecular weight is 330 g/mol. The van der Waals surface area contributed by atoms with Crippen LogP contribution in [0.1, 0.15) is 43.9 Å². The number of hydrogen-bond donors (Lipinski definition) is 1. The van der Waals surface area contributed by atoms with Gasteiger partial charge in [0.15, 0.2) is 0 Å². The Morgan fingerprint density at radius 1 is 1.29 bits per heavy atom. The van der Waals surface area contributed by atoms with E-state index < -0.39 is 0 Å². The molecular formula is C17H26N6O. The number of piperidine rings is 1. The Morgan fingerprint density at radius 2 is 2.04 bits per heavy atom. The largest absolute Gasteiger partial charge is 0.356 e. The molecule has 7 heteroatoms. The third kappa shape index (κ3) is 3.34. The van der Waals surface area contributed by atoms with E-state index in [2.05, 4.69) is 32.0 Å². The predicted molar refractivity (Wildman–Crippen MR) is 93.3 cm³/mol.